The molecule has 2 aliphatic heterocycles. The number of hydrogen-bond acceptors (Lipinski definition) is 2. The van der Waals surface area contributed by atoms with Gasteiger partial charge in [0.2, 0.25) is 0 Å². The molecule has 2 bridgehead atoms. The van der Waals surface area contributed by atoms with E-state index in [1.165, 1.54) is 5.56 Å². The summed E-state index contributed by atoms with van der Waals surface area (Å²) in [6, 6.07) is 6.79. The van der Waals surface area contributed by atoms with Gasteiger partial charge < -0.3 is 10.1 Å². The highest BCUT2D eigenvalue weighted by atomic mass is 35.5. The lowest BCUT2D eigenvalue weighted by Crippen LogP contribution is -2.37. The zero-order chi connectivity index (χ0) is 10.5. The molecular formula is C12H14ClNO. The first-order valence-electron chi connectivity index (χ1n) is 5.34. The fraction of sp³-hybridized carbons (Fsp3) is 0.500. The van der Waals surface area contributed by atoms with Gasteiger partial charge in [-0.2, -0.15) is 0 Å². The summed E-state index contributed by atoms with van der Waals surface area (Å²) < 4.78 is 5.90. The molecule has 1 N–H and O–H groups in total. The number of benzene rings is 1. The van der Waals surface area contributed by atoms with Crippen LogP contribution in [0.25, 0.3) is 0 Å². The Bertz CT molecular complexity index is 397. The lowest BCUT2D eigenvalue weighted by molar-refractivity contribution is -0.00958. The standard InChI is InChI=1S/C12H14ClNO/c1-8-2-3-9(4-11(8)13)12-5-10(6-15-12)14-7-12/h2-4,10,14H,5-7H2,1H3. The molecule has 15 heavy (non-hydrogen) atoms. The number of ether oxygens (including phenoxy) is 1. The largest absolute Gasteiger partial charge is 0.367 e. The molecule has 2 fully saturated rings. The van der Waals surface area contributed by atoms with Gasteiger partial charge >= 0.3 is 0 Å². The summed E-state index contributed by atoms with van der Waals surface area (Å²) in [6.45, 7) is 3.76. The van der Waals surface area contributed by atoms with E-state index in [2.05, 4.69) is 17.4 Å². The molecule has 2 heterocycles. The Morgan fingerprint density at radius 1 is 1.53 bits per heavy atom. The summed E-state index contributed by atoms with van der Waals surface area (Å²) in [7, 11) is 0. The molecule has 0 aliphatic carbocycles. The molecule has 3 heteroatoms. The summed E-state index contributed by atoms with van der Waals surface area (Å²) in [4.78, 5) is 0. The summed E-state index contributed by atoms with van der Waals surface area (Å²) in [5, 5.41) is 4.30. The van der Waals surface area contributed by atoms with E-state index in [-0.39, 0.29) is 5.60 Å². The molecule has 2 nitrogen and oxygen atoms in total. The Balaban J connectivity index is 2.02. The van der Waals surface area contributed by atoms with Gasteiger partial charge in [0, 0.05) is 17.6 Å². The van der Waals surface area contributed by atoms with Crippen LogP contribution in [-0.2, 0) is 10.3 Å². The van der Waals surface area contributed by atoms with E-state index in [9.17, 15) is 0 Å². The number of fused-ring (bicyclic) bond motifs is 2. The second kappa shape index (κ2) is 3.21. The highest BCUT2D eigenvalue weighted by Crippen LogP contribution is 2.41. The van der Waals surface area contributed by atoms with E-state index < -0.39 is 0 Å². The molecule has 2 saturated heterocycles. The van der Waals surface area contributed by atoms with Gasteiger partial charge in [0.15, 0.2) is 0 Å². The molecule has 0 amide bonds. The first-order valence-corrected chi connectivity index (χ1v) is 5.71. The minimum absolute atomic E-state index is 0.109. The Labute approximate surface area is 94.6 Å². The van der Waals surface area contributed by atoms with Gasteiger partial charge in [0.05, 0.1) is 6.61 Å². The number of rotatable bonds is 1. The zero-order valence-corrected chi connectivity index (χ0v) is 9.47. The van der Waals surface area contributed by atoms with Crippen molar-refractivity contribution in [2.75, 3.05) is 13.2 Å². The molecular weight excluding hydrogens is 210 g/mol. The van der Waals surface area contributed by atoms with Crippen LogP contribution in [0.4, 0.5) is 0 Å². The molecule has 2 unspecified atom stereocenters. The van der Waals surface area contributed by atoms with E-state index in [4.69, 9.17) is 16.3 Å². The van der Waals surface area contributed by atoms with Crippen LogP contribution in [0.1, 0.15) is 17.5 Å². The third kappa shape index (κ3) is 1.40. The predicted octanol–water partition coefficient (Wildman–Crippen LogP) is 2.24. The van der Waals surface area contributed by atoms with Crippen molar-refractivity contribution in [3.8, 4) is 0 Å². The maximum Gasteiger partial charge on any atom is 0.107 e. The maximum absolute atomic E-state index is 6.15. The van der Waals surface area contributed by atoms with Crippen LogP contribution in [0.3, 0.4) is 0 Å². The number of hydrogen-bond donors (Lipinski definition) is 1. The summed E-state index contributed by atoms with van der Waals surface area (Å²) >= 11 is 6.15. The molecule has 3 rings (SSSR count). The highest BCUT2D eigenvalue weighted by Gasteiger charge is 2.47. The highest BCUT2D eigenvalue weighted by molar-refractivity contribution is 6.31. The number of nitrogens with one attached hydrogen (secondary N) is 1. The Morgan fingerprint density at radius 3 is 2.93 bits per heavy atom. The first-order chi connectivity index (χ1) is 7.20. The van der Waals surface area contributed by atoms with Crippen molar-refractivity contribution in [1.82, 2.24) is 5.32 Å². The van der Waals surface area contributed by atoms with E-state index in [1.54, 1.807) is 0 Å². The van der Waals surface area contributed by atoms with Crippen LogP contribution >= 0.6 is 11.6 Å². The first kappa shape index (κ1) is 9.64. The molecule has 1 aromatic carbocycles. The molecule has 0 aromatic heterocycles. The molecule has 0 spiro atoms. The molecule has 2 aliphatic rings. The van der Waals surface area contributed by atoms with Crippen LogP contribution in [0.15, 0.2) is 18.2 Å². The van der Waals surface area contributed by atoms with Gasteiger partial charge in [-0.3, -0.25) is 0 Å². The van der Waals surface area contributed by atoms with E-state index in [0.29, 0.717) is 6.04 Å². The van der Waals surface area contributed by atoms with Crippen molar-refractivity contribution < 1.29 is 4.74 Å². The zero-order valence-electron chi connectivity index (χ0n) is 8.72. The monoisotopic (exact) mass is 223 g/mol. The Kier molecular flexibility index (Phi) is 2.06. The lowest BCUT2D eigenvalue weighted by Gasteiger charge is -2.27. The summed E-state index contributed by atoms with van der Waals surface area (Å²) in [6.07, 6.45) is 1.08. The van der Waals surface area contributed by atoms with Crippen molar-refractivity contribution >= 4 is 11.6 Å². The van der Waals surface area contributed by atoms with Crippen LogP contribution in [-0.4, -0.2) is 19.2 Å². The van der Waals surface area contributed by atoms with Gasteiger partial charge in [0.25, 0.3) is 0 Å². The van der Waals surface area contributed by atoms with Crippen molar-refractivity contribution in [2.24, 2.45) is 0 Å². The van der Waals surface area contributed by atoms with E-state index in [0.717, 1.165) is 30.2 Å². The third-order valence-corrected chi connectivity index (χ3v) is 3.92. The number of morpholine rings is 1. The van der Waals surface area contributed by atoms with Crippen LogP contribution in [0, 0.1) is 6.92 Å². The van der Waals surface area contributed by atoms with Crippen molar-refractivity contribution in [1.29, 1.82) is 0 Å². The number of halogens is 1. The second-order valence-corrected chi connectivity index (χ2v) is 4.96. The predicted molar refractivity (Wildman–Crippen MR) is 60.2 cm³/mol. The lowest BCUT2D eigenvalue weighted by atomic mass is 9.92. The van der Waals surface area contributed by atoms with Crippen molar-refractivity contribution in [3.05, 3.63) is 34.3 Å². The minimum atomic E-state index is -0.109. The smallest absolute Gasteiger partial charge is 0.107 e. The van der Waals surface area contributed by atoms with E-state index in [1.807, 2.05) is 13.0 Å². The van der Waals surface area contributed by atoms with Crippen LogP contribution in [0.5, 0.6) is 0 Å². The maximum atomic E-state index is 6.15. The van der Waals surface area contributed by atoms with E-state index >= 15 is 0 Å². The third-order valence-electron chi connectivity index (χ3n) is 3.51. The summed E-state index contributed by atoms with van der Waals surface area (Å²) in [5.41, 5.74) is 2.23. The average molecular weight is 224 g/mol. The normalized spacial score (nSPS) is 33.6. The average Bonchev–Trinajstić information content (AvgIpc) is 2.83. The van der Waals surface area contributed by atoms with Gasteiger partial charge in [0.1, 0.15) is 5.60 Å². The fourth-order valence-corrected chi connectivity index (χ4v) is 2.70. The van der Waals surface area contributed by atoms with Crippen molar-refractivity contribution in [3.63, 3.8) is 0 Å². The van der Waals surface area contributed by atoms with Gasteiger partial charge in [-0.15, -0.1) is 0 Å². The van der Waals surface area contributed by atoms with Gasteiger partial charge in [-0.25, -0.2) is 0 Å². The molecule has 0 radical (unpaired) electrons. The van der Waals surface area contributed by atoms with Crippen LogP contribution in [0.2, 0.25) is 5.02 Å². The summed E-state index contributed by atoms with van der Waals surface area (Å²) in [5.74, 6) is 0. The Hall–Kier alpha value is -0.570. The van der Waals surface area contributed by atoms with Gasteiger partial charge in [-0.05, 0) is 30.5 Å². The fourth-order valence-electron chi connectivity index (χ4n) is 2.52. The van der Waals surface area contributed by atoms with Crippen molar-refractivity contribution in [2.45, 2.75) is 25.0 Å². The Morgan fingerprint density at radius 2 is 2.40 bits per heavy atom. The quantitative estimate of drug-likeness (QED) is 0.789. The molecule has 80 valence electrons. The molecule has 0 saturated carbocycles. The number of aryl methyl sites for hydroxylation is 1. The molecule has 2 atom stereocenters. The SMILES string of the molecule is Cc1ccc(C23CNC(CO2)C3)cc1Cl. The topological polar surface area (TPSA) is 21.3 Å². The molecule has 1 aromatic rings. The van der Waals surface area contributed by atoms with Crippen LogP contribution < -0.4 is 5.32 Å². The minimum Gasteiger partial charge on any atom is -0.367 e. The van der Waals surface area contributed by atoms with Gasteiger partial charge in [-0.1, -0.05) is 23.7 Å². The second-order valence-electron chi connectivity index (χ2n) is 4.55.